The van der Waals surface area contributed by atoms with Crippen LogP contribution in [0.1, 0.15) is 16.7 Å². The molecule has 1 atom stereocenters. The molecule has 0 bridgehead atoms. The van der Waals surface area contributed by atoms with Gasteiger partial charge in [0.2, 0.25) is 5.90 Å². The minimum Gasteiger partial charge on any atom is -0.438 e. The molecule has 0 aliphatic heterocycles. The highest BCUT2D eigenvalue weighted by Crippen LogP contribution is 2.20. The minimum atomic E-state index is -2.87. The lowest BCUT2D eigenvalue weighted by atomic mass is 10.1. The molecule has 0 fully saturated rings. The van der Waals surface area contributed by atoms with Crippen LogP contribution in [0.3, 0.4) is 0 Å². The molecule has 0 saturated carbocycles. The molecular weight excluding hydrogens is 412 g/mol. The van der Waals surface area contributed by atoms with Crippen molar-refractivity contribution in [2.24, 2.45) is 4.99 Å². The average Bonchev–Trinajstić information content (AvgIpc) is 3.17. The van der Waals surface area contributed by atoms with Gasteiger partial charge < -0.3 is 4.74 Å². The first kappa shape index (κ1) is 21.7. The van der Waals surface area contributed by atoms with Crippen molar-refractivity contribution in [2.45, 2.75) is 19.9 Å². The Labute approximate surface area is 174 Å². The summed E-state index contributed by atoms with van der Waals surface area (Å²) in [5.41, 5.74) is 3.30. The molecule has 0 saturated heterocycles. The van der Waals surface area contributed by atoms with Crippen LogP contribution in [-0.2, 0) is 11.3 Å². The number of rotatable bonds is 6. The first-order chi connectivity index (χ1) is 14.3. The fourth-order valence-electron chi connectivity index (χ4n) is 2.82. The molecule has 9 heteroatoms. The van der Waals surface area contributed by atoms with Gasteiger partial charge in [-0.15, -0.1) is 14.3 Å². The number of aryl methyl sites for hydroxylation is 1. The maximum absolute atomic E-state index is 14.7. The molecule has 0 N–H and O–H groups in total. The Morgan fingerprint density at radius 3 is 2.73 bits per heavy atom. The van der Waals surface area contributed by atoms with Crippen molar-refractivity contribution in [3.63, 3.8) is 0 Å². The number of benzene rings is 2. The molecule has 2 aromatic carbocycles. The van der Waals surface area contributed by atoms with Crippen LogP contribution >= 0.6 is 9.24 Å². The molecular formula is C21H20F3N4OP. The van der Waals surface area contributed by atoms with Crippen LogP contribution in [-0.4, -0.2) is 34.4 Å². The van der Waals surface area contributed by atoms with Gasteiger partial charge in [-0.3, -0.25) is 4.99 Å². The van der Waals surface area contributed by atoms with E-state index in [0.29, 0.717) is 16.6 Å². The van der Waals surface area contributed by atoms with Crippen LogP contribution in [0.15, 0.2) is 59.9 Å². The van der Waals surface area contributed by atoms with E-state index in [-0.39, 0.29) is 18.0 Å². The zero-order chi connectivity index (χ0) is 21.8. The zero-order valence-corrected chi connectivity index (χ0v) is 17.6. The molecule has 5 nitrogen and oxygen atoms in total. The van der Waals surface area contributed by atoms with Crippen LogP contribution in [0.4, 0.5) is 13.2 Å². The van der Waals surface area contributed by atoms with E-state index in [4.69, 9.17) is 4.74 Å². The number of nitrogens with zero attached hydrogens (tertiary/aromatic N) is 4. The lowest BCUT2D eigenvalue weighted by Crippen LogP contribution is -2.18. The quantitative estimate of drug-likeness (QED) is 0.255. The van der Waals surface area contributed by atoms with Gasteiger partial charge in [0.05, 0.1) is 12.7 Å². The van der Waals surface area contributed by atoms with Crippen LogP contribution in [0.2, 0.25) is 0 Å². The lowest BCUT2D eigenvalue weighted by molar-refractivity contribution is 0.135. The summed E-state index contributed by atoms with van der Waals surface area (Å²) in [4.78, 5) is 3.83. The minimum absolute atomic E-state index is 0.141. The first-order valence-corrected chi connectivity index (χ1v) is 9.53. The van der Waals surface area contributed by atoms with Gasteiger partial charge in [0.15, 0.2) is 5.76 Å². The fraction of sp³-hybridized carbons (Fsp3) is 0.190. The van der Waals surface area contributed by atoms with E-state index in [1.807, 2.05) is 31.2 Å². The van der Waals surface area contributed by atoms with Gasteiger partial charge in [-0.2, -0.15) is 0 Å². The second kappa shape index (κ2) is 9.22. The molecule has 0 spiro atoms. The molecule has 0 aliphatic carbocycles. The van der Waals surface area contributed by atoms with E-state index in [0.717, 1.165) is 11.1 Å². The van der Waals surface area contributed by atoms with Crippen molar-refractivity contribution < 1.29 is 17.9 Å². The molecule has 1 unspecified atom stereocenters. The molecule has 0 aliphatic rings. The van der Waals surface area contributed by atoms with Crippen LogP contribution in [0.5, 0.6) is 0 Å². The molecule has 0 radical (unpaired) electrons. The molecule has 3 rings (SSSR count). The summed E-state index contributed by atoms with van der Waals surface area (Å²) in [5.74, 6) is -1.44. The summed E-state index contributed by atoms with van der Waals surface area (Å²) in [6.45, 7) is 5.29. The van der Waals surface area contributed by atoms with Gasteiger partial charge >= 0.3 is 0 Å². The number of aromatic nitrogens is 3. The maximum Gasteiger partial charge on any atom is 0.294 e. The highest BCUT2D eigenvalue weighted by atomic mass is 31.0. The number of hydrogen-bond acceptors (Lipinski definition) is 4. The van der Waals surface area contributed by atoms with Crippen molar-refractivity contribution >= 4 is 20.4 Å². The number of alkyl halides is 2. The van der Waals surface area contributed by atoms with Gasteiger partial charge in [0.25, 0.3) is 6.43 Å². The normalized spacial score (nSPS) is 11.8. The zero-order valence-electron chi connectivity index (χ0n) is 16.4. The molecule has 0 amide bonds. The van der Waals surface area contributed by atoms with Gasteiger partial charge in [-0.25, -0.2) is 17.9 Å². The predicted octanol–water partition coefficient (Wildman–Crippen LogP) is 4.11. The van der Waals surface area contributed by atoms with E-state index in [9.17, 15) is 13.2 Å². The summed E-state index contributed by atoms with van der Waals surface area (Å²) >= 11 is 0. The van der Waals surface area contributed by atoms with Crippen LogP contribution in [0, 0.1) is 12.7 Å². The van der Waals surface area contributed by atoms with E-state index < -0.39 is 18.0 Å². The largest absolute Gasteiger partial charge is 0.438 e. The molecule has 3 aromatic rings. The Kier molecular flexibility index (Phi) is 6.67. The van der Waals surface area contributed by atoms with Crippen molar-refractivity contribution in [2.75, 3.05) is 7.05 Å². The van der Waals surface area contributed by atoms with Crippen molar-refractivity contribution in [3.8, 4) is 11.3 Å². The Bertz CT molecular complexity index is 1110. The molecule has 156 valence electrons. The van der Waals surface area contributed by atoms with Crippen molar-refractivity contribution in [3.05, 3.63) is 77.4 Å². The Balaban J connectivity index is 1.83. The summed E-state index contributed by atoms with van der Waals surface area (Å²) in [6, 6.07) is 10.6. The van der Waals surface area contributed by atoms with E-state index in [2.05, 4.69) is 31.1 Å². The third kappa shape index (κ3) is 4.94. The number of allylic oxidation sites excluding steroid dienone is 1. The van der Waals surface area contributed by atoms with Crippen molar-refractivity contribution in [1.82, 2.24) is 15.0 Å². The smallest absolute Gasteiger partial charge is 0.294 e. The van der Waals surface area contributed by atoms with Crippen LogP contribution < -0.4 is 5.30 Å². The van der Waals surface area contributed by atoms with E-state index >= 15 is 0 Å². The number of ether oxygens (including phenoxy) is 1. The number of aliphatic imine (C=N–C) groups is 1. The monoisotopic (exact) mass is 432 g/mol. The third-order valence-corrected chi connectivity index (χ3v) is 4.79. The third-order valence-electron chi connectivity index (χ3n) is 4.31. The first-order valence-electron chi connectivity index (χ1n) is 8.95. The van der Waals surface area contributed by atoms with Gasteiger partial charge in [0, 0.05) is 23.7 Å². The number of halogens is 3. The Morgan fingerprint density at radius 1 is 1.30 bits per heavy atom. The average molecular weight is 432 g/mol. The SMILES string of the molecule is C=C(OC(=NC)c1cc(F)c(Cn2cc(-c3cccc(C)c3)nn2)cc1P)C(F)F. The maximum atomic E-state index is 14.7. The second-order valence-electron chi connectivity index (χ2n) is 6.60. The Hall–Kier alpha value is -2.99. The van der Waals surface area contributed by atoms with E-state index in [1.54, 1.807) is 12.3 Å². The summed E-state index contributed by atoms with van der Waals surface area (Å²) in [6.07, 6.45) is -1.13. The van der Waals surface area contributed by atoms with Gasteiger partial charge in [-0.05, 0) is 30.4 Å². The topological polar surface area (TPSA) is 52.3 Å². The number of hydrogen-bond donors (Lipinski definition) is 0. The van der Waals surface area contributed by atoms with E-state index in [1.165, 1.54) is 17.8 Å². The van der Waals surface area contributed by atoms with Gasteiger partial charge in [0.1, 0.15) is 11.5 Å². The lowest BCUT2D eigenvalue weighted by Gasteiger charge is -2.14. The second-order valence-corrected chi connectivity index (χ2v) is 7.22. The van der Waals surface area contributed by atoms with Crippen molar-refractivity contribution in [1.29, 1.82) is 0 Å². The molecule has 1 aromatic heterocycles. The summed E-state index contributed by atoms with van der Waals surface area (Å²) in [7, 11) is 3.80. The summed E-state index contributed by atoms with van der Waals surface area (Å²) < 4.78 is 46.7. The highest BCUT2D eigenvalue weighted by Gasteiger charge is 2.18. The standard InChI is InChI=1S/C21H20F3N4OP/c1-12-5-4-6-14(7-12)18-11-28(27-26-18)10-15-8-19(30)16(9-17(15)22)21(25-3)29-13(2)20(23)24/h4-9,11,20H,2,10,30H2,1,3H3. The van der Waals surface area contributed by atoms with Gasteiger partial charge in [-0.1, -0.05) is 35.6 Å². The Morgan fingerprint density at radius 2 is 2.07 bits per heavy atom. The molecule has 30 heavy (non-hydrogen) atoms. The molecule has 1 heterocycles. The van der Waals surface area contributed by atoms with Crippen LogP contribution in [0.25, 0.3) is 11.3 Å². The highest BCUT2D eigenvalue weighted by molar-refractivity contribution is 7.27. The predicted molar refractivity (Wildman–Crippen MR) is 114 cm³/mol. The summed E-state index contributed by atoms with van der Waals surface area (Å²) in [5, 5.41) is 8.76. The fourth-order valence-corrected chi connectivity index (χ4v) is 3.23.